The molecule has 5 atom stereocenters. The fraction of sp³-hybridized carbons (Fsp3) is 0.741. The lowest BCUT2D eigenvalue weighted by molar-refractivity contribution is -0.156. The zero-order valence-corrected chi connectivity index (χ0v) is 19.8. The fourth-order valence-corrected chi connectivity index (χ4v) is 6.78. The van der Waals surface area contributed by atoms with Gasteiger partial charge in [-0.05, 0) is 81.6 Å². The molecule has 0 radical (unpaired) electrons. The lowest BCUT2D eigenvalue weighted by Gasteiger charge is -2.54. The Morgan fingerprint density at radius 3 is 2.53 bits per heavy atom. The molecule has 5 heteroatoms. The minimum atomic E-state index is -0.241. The van der Waals surface area contributed by atoms with Crippen LogP contribution in [0.1, 0.15) is 78.6 Å². The molecule has 32 heavy (non-hydrogen) atoms. The van der Waals surface area contributed by atoms with Gasteiger partial charge in [0.25, 0.3) is 5.91 Å². The average molecular weight is 440 g/mol. The number of ether oxygens (including phenoxy) is 1. The van der Waals surface area contributed by atoms with Gasteiger partial charge in [-0.3, -0.25) is 19.3 Å². The summed E-state index contributed by atoms with van der Waals surface area (Å²) >= 11 is 0. The Balaban J connectivity index is 1.49. The second kappa shape index (κ2) is 8.14. The zero-order valence-electron chi connectivity index (χ0n) is 19.8. The van der Waals surface area contributed by atoms with Crippen LogP contribution in [0.25, 0.3) is 0 Å². The van der Waals surface area contributed by atoms with Crippen LogP contribution in [0, 0.1) is 35.0 Å². The number of esters is 1. The number of imide groups is 1. The first-order valence-corrected chi connectivity index (χ1v) is 12.8. The highest BCUT2D eigenvalue weighted by Gasteiger charge is 2.55. The molecule has 0 aromatic heterocycles. The zero-order chi connectivity index (χ0) is 22.6. The maximum atomic E-state index is 13.1. The Kier molecular flexibility index (Phi) is 5.58. The first kappa shape index (κ1) is 21.9. The number of hydrogen-bond donors (Lipinski definition) is 0. The second-order valence-electron chi connectivity index (χ2n) is 11.1. The van der Waals surface area contributed by atoms with Gasteiger partial charge in [0.05, 0.1) is 5.92 Å². The van der Waals surface area contributed by atoms with Crippen molar-refractivity contribution in [1.29, 1.82) is 0 Å². The fourth-order valence-electron chi connectivity index (χ4n) is 6.78. The Morgan fingerprint density at radius 2 is 1.88 bits per heavy atom. The Bertz CT molecular complexity index is 880. The molecule has 5 aliphatic rings. The van der Waals surface area contributed by atoms with Gasteiger partial charge < -0.3 is 4.74 Å². The molecule has 0 N–H and O–H groups in total. The SMILES string of the molecule is CCC[C@@H]1C(C)=C[C@@H](OC(=O)C2CC2)[C@H]2[C@H]1CCC1=CC(=O)N(C(=O)C3CC3)CC[C@@]12C. The van der Waals surface area contributed by atoms with Crippen molar-refractivity contribution in [3.05, 3.63) is 23.3 Å². The highest BCUT2D eigenvalue weighted by molar-refractivity contribution is 6.03. The van der Waals surface area contributed by atoms with Crippen LogP contribution in [0.4, 0.5) is 0 Å². The number of allylic oxidation sites excluding steroid dienone is 2. The quantitative estimate of drug-likeness (QED) is 0.350. The molecule has 2 amide bonds. The molecule has 0 bridgehead atoms. The van der Waals surface area contributed by atoms with Crippen molar-refractivity contribution in [2.75, 3.05) is 6.54 Å². The van der Waals surface area contributed by atoms with Gasteiger partial charge in [0.15, 0.2) is 0 Å². The molecule has 3 fully saturated rings. The molecule has 4 aliphatic carbocycles. The second-order valence-corrected chi connectivity index (χ2v) is 11.1. The molecule has 0 unspecified atom stereocenters. The van der Waals surface area contributed by atoms with E-state index in [-0.39, 0.29) is 47.1 Å². The van der Waals surface area contributed by atoms with Gasteiger partial charge in [-0.15, -0.1) is 0 Å². The van der Waals surface area contributed by atoms with Crippen LogP contribution in [0.3, 0.4) is 0 Å². The van der Waals surface area contributed by atoms with E-state index in [1.54, 1.807) is 6.08 Å². The number of rotatable bonds is 5. The van der Waals surface area contributed by atoms with Crippen LogP contribution >= 0.6 is 0 Å². The smallest absolute Gasteiger partial charge is 0.309 e. The summed E-state index contributed by atoms with van der Waals surface area (Å²) < 4.78 is 6.18. The summed E-state index contributed by atoms with van der Waals surface area (Å²) in [6, 6.07) is 0. The van der Waals surface area contributed by atoms with Crippen LogP contribution in [-0.4, -0.2) is 35.3 Å². The molecule has 1 aliphatic heterocycles. The van der Waals surface area contributed by atoms with Gasteiger partial charge in [0.1, 0.15) is 6.10 Å². The highest BCUT2D eigenvalue weighted by Crippen LogP contribution is 2.58. The molecule has 3 saturated carbocycles. The van der Waals surface area contributed by atoms with Gasteiger partial charge in [-0.2, -0.15) is 0 Å². The number of amides is 2. The molecule has 0 aromatic rings. The third-order valence-electron chi connectivity index (χ3n) is 8.93. The monoisotopic (exact) mass is 439 g/mol. The number of nitrogens with zero attached hydrogens (tertiary/aromatic N) is 1. The molecule has 1 heterocycles. The number of carbonyl (C=O) groups is 3. The van der Waals surface area contributed by atoms with Crippen molar-refractivity contribution in [3.63, 3.8) is 0 Å². The van der Waals surface area contributed by atoms with Crippen molar-refractivity contribution in [3.8, 4) is 0 Å². The lowest BCUT2D eigenvalue weighted by atomic mass is 9.51. The van der Waals surface area contributed by atoms with Gasteiger partial charge in [0.2, 0.25) is 5.91 Å². The van der Waals surface area contributed by atoms with Crippen molar-refractivity contribution in [2.45, 2.75) is 84.7 Å². The van der Waals surface area contributed by atoms with Crippen molar-refractivity contribution in [2.24, 2.45) is 35.0 Å². The van der Waals surface area contributed by atoms with Crippen molar-refractivity contribution >= 4 is 17.8 Å². The van der Waals surface area contributed by atoms with E-state index in [4.69, 9.17) is 4.74 Å². The topological polar surface area (TPSA) is 63.7 Å². The Morgan fingerprint density at radius 1 is 1.16 bits per heavy atom. The van der Waals surface area contributed by atoms with Crippen LogP contribution in [-0.2, 0) is 19.1 Å². The molecule has 5 nitrogen and oxygen atoms in total. The predicted octanol–water partition coefficient (Wildman–Crippen LogP) is 4.81. The largest absolute Gasteiger partial charge is 0.458 e. The van der Waals surface area contributed by atoms with Crippen LogP contribution < -0.4 is 0 Å². The van der Waals surface area contributed by atoms with Gasteiger partial charge in [0, 0.05) is 24.5 Å². The molecule has 5 rings (SSSR count). The van der Waals surface area contributed by atoms with E-state index in [1.165, 1.54) is 10.5 Å². The van der Waals surface area contributed by atoms with E-state index in [0.717, 1.165) is 63.4 Å². The Labute approximate surface area is 191 Å². The van der Waals surface area contributed by atoms with E-state index in [2.05, 4.69) is 26.8 Å². The van der Waals surface area contributed by atoms with Gasteiger partial charge in [-0.1, -0.05) is 31.4 Å². The van der Waals surface area contributed by atoms with E-state index in [9.17, 15) is 14.4 Å². The van der Waals surface area contributed by atoms with Crippen molar-refractivity contribution < 1.29 is 19.1 Å². The van der Waals surface area contributed by atoms with E-state index >= 15 is 0 Å². The molecule has 0 saturated heterocycles. The van der Waals surface area contributed by atoms with E-state index in [0.29, 0.717) is 18.4 Å². The van der Waals surface area contributed by atoms with Crippen molar-refractivity contribution in [1.82, 2.24) is 4.90 Å². The minimum Gasteiger partial charge on any atom is -0.458 e. The summed E-state index contributed by atoms with van der Waals surface area (Å²) in [7, 11) is 0. The van der Waals surface area contributed by atoms with E-state index in [1.807, 2.05) is 0 Å². The molecule has 174 valence electrons. The predicted molar refractivity (Wildman–Crippen MR) is 121 cm³/mol. The van der Waals surface area contributed by atoms with Crippen LogP contribution in [0.2, 0.25) is 0 Å². The molecular weight excluding hydrogens is 402 g/mol. The molecule has 0 spiro atoms. The summed E-state index contributed by atoms with van der Waals surface area (Å²) in [5.74, 6) is 1.03. The van der Waals surface area contributed by atoms with Gasteiger partial charge in [-0.25, -0.2) is 0 Å². The third kappa shape index (κ3) is 3.76. The average Bonchev–Trinajstić information content (AvgIpc) is 3.64. The normalized spacial score (nSPS) is 37.0. The maximum absolute atomic E-state index is 13.1. The number of carbonyl (C=O) groups excluding carboxylic acids is 3. The highest BCUT2D eigenvalue weighted by atomic mass is 16.5. The first-order valence-electron chi connectivity index (χ1n) is 12.8. The van der Waals surface area contributed by atoms with E-state index < -0.39 is 0 Å². The van der Waals surface area contributed by atoms with Crippen LogP contribution in [0.5, 0.6) is 0 Å². The summed E-state index contributed by atoms with van der Waals surface area (Å²) in [5.41, 5.74) is 2.27. The van der Waals surface area contributed by atoms with Gasteiger partial charge >= 0.3 is 5.97 Å². The number of fused-ring (bicyclic) bond motifs is 3. The first-order chi connectivity index (χ1) is 15.3. The lowest BCUT2D eigenvalue weighted by Crippen LogP contribution is -2.51. The number of hydrogen-bond acceptors (Lipinski definition) is 4. The molecular formula is C27H37NO4. The summed E-state index contributed by atoms with van der Waals surface area (Å²) in [5, 5.41) is 0. The Hall–Kier alpha value is -1.91. The minimum absolute atomic E-state index is 0.00519. The summed E-state index contributed by atoms with van der Waals surface area (Å²) in [6.07, 6.45) is 12.4. The maximum Gasteiger partial charge on any atom is 0.309 e. The molecule has 0 aromatic carbocycles. The van der Waals surface area contributed by atoms with Crippen LogP contribution in [0.15, 0.2) is 23.3 Å². The third-order valence-corrected chi connectivity index (χ3v) is 8.93. The summed E-state index contributed by atoms with van der Waals surface area (Å²) in [4.78, 5) is 40.0. The summed E-state index contributed by atoms with van der Waals surface area (Å²) in [6.45, 7) is 7.18. The standard InChI is InChI=1S/C27H37NO4/c1-4-5-20-16(2)14-22(32-26(31)18-8-9-18)24-21(20)11-10-19-15-23(29)28(13-12-27(19,24)3)25(30)17-6-7-17/h14-15,17-18,20-22,24H,4-13H2,1-3H3/t20-,21+,22-,24-,27+/m1/s1.